The maximum Gasteiger partial charge on any atom is 0.162 e. The Morgan fingerprint density at radius 2 is 1.08 bits per heavy atom. The molecule has 6 nitrogen and oxygen atoms in total. The van der Waals surface area contributed by atoms with Crippen LogP contribution in [0, 0.1) is 5.41 Å². The van der Waals surface area contributed by atoms with Crippen molar-refractivity contribution < 1.29 is 0 Å². The summed E-state index contributed by atoms with van der Waals surface area (Å²) in [4.78, 5) is 10.4. The summed E-state index contributed by atoms with van der Waals surface area (Å²) < 4.78 is 9.14. The van der Waals surface area contributed by atoms with E-state index in [2.05, 4.69) is 154 Å². The molecular weight excluding hydrogens is 741 g/mol. The number of nitrogens with one attached hydrogen (secondary N) is 1. The largest absolute Gasteiger partial charge is 0.308 e. The van der Waals surface area contributed by atoms with Crippen LogP contribution in [-0.2, 0) is 0 Å². The number of hydrogen-bond acceptors (Lipinski definition) is 5. The Hall–Kier alpha value is -7.61. The summed E-state index contributed by atoms with van der Waals surface area (Å²) in [6.07, 6.45) is 2.15. The van der Waals surface area contributed by atoms with Gasteiger partial charge in [-0.15, -0.1) is 0 Å². The Balaban J connectivity index is 1.22. The lowest BCUT2D eigenvalue weighted by Gasteiger charge is -2.21. The fourth-order valence-electron chi connectivity index (χ4n) is 8.70. The summed E-state index contributed by atoms with van der Waals surface area (Å²) in [5.41, 5.74) is 13.2. The minimum Gasteiger partial charge on any atom is -0.308 e. The highest BCUT2D eigenvalue weighted by molar-refractivity contribution is 7.79. The van der Waals surface area contributed by atoms with Crippen molar-refractivity contribution in [1.29, 1.82) is 5.41 Å². The van der Waals surface area contributed by atoms with Crippen LogP contribution >= 0.6 is 12.8 Å². The minimum absolute atomic E-state index is 0.300. The van der Waals surface area contributed by atoms with E-state index >= 15 is 0 Å². The van der Waals surface area contributed by atoms with Crippen LogP contribution in [0.1, 0.15) is 16.8 Å². The van der Waals surface area contributed by atoms with Crippen molar-refractivity contribution in [3.63, 3.8) is 0 Å². The van der Waals surface area contributed by atoms with Gasteiger partial charge >= 0.3 is 0 Å². The van der Waals surface area contributed by atoms with Gasteiger partial charge in [0.05, 0.1) is 39.3 Å². The van der Waals surface area contributed by atoms with E-state index in [4.69, 9.17) is 9.97 Å². The molecule has 0 spiro atoms. The van der Waals surface area contributed by atoms with Crippen molar-refractivity contribution >= 4 is 68.6 Å². The van der Waals surface area contributed by atoms with Crippen molar-refractivity contribution in [3.05, 3.63) is 205 Å². The Labute approximate surface area is 346 Å². The molecule has 3 heterocycles. The number of aromatic nitrogens is 4. The maximum absolute atomic E-state index is 9.92. The molecular formula is C52H34N6S. The molecule has 59 heavy (non-hydrogen) atoms. The molecule has 1 N–H and O–H groups in total. The van der Waals surface area contributed by atoms with Gasteiger partial charge in [0.25, 0.3) is 0 Å². The van der Waals surface area contributed by atoms with Crippen molar-refractivity contribution in [2.45, 2.75) is 0 Å². The average molecular weight is 775 g/mol. The predicted molar refractivity (Wildman–Crippen MR) is 247 cm³/mol. The normalized spacial score (nSPS) is 13.3. The third-order valence-corrected chi connectivity index (χ3v) is 11.5. The number of allylic oxidation sites excluding steroid dienone is 1. The third-order valence-electron chi connectivity index (χ3n) is 11.3. The zero-order valence-corrected chi connectivity index (χ0v) is 32.6. The molecule has 0 atom stereocenters. The van der Waals surface area contributed by atoms with Gasteiger partial charge < -0.3 is 4.57 Å². The summed E-state index contributed by atoms with van der Waals surface area (Å²) >= 11 is 4.58. The number of benzene rings is 7. The van der Waals surface area contributed by atoms with Gasteiger partial charge in [0.1, 0.15) is 11.5 Å². The molecule has 7 aromatic carbocycles. The highest BCUT2D eigenvalue weighted by Gasteiger charge is 2.32. The lowest BCUT2D eigenvalue weighted by molar-refractivity contribution is 1.01. The molecule has 0 aliphatic heterocycles. The lowest BCUT2D eigenvalue weighted by Crippen LogP contribution is -2.21. The van der Waals surface area contributed by atoms with Crippen molar-refractivity contribution in [2.75, 3.05) is 0 Å². The third kappa shape index (κ3) is 5.58. The topological polar surface area (TPSA) is 71.8 Å². The van der Waals surface area contributed by atoms with Crippen molar-refractivity contribution in [1.82, 2.24) is 19.1 Å². The molecule has 1 aliphatic rings. The van der Waals surface area contributed by atoms with Crippen molar-refractivity contribution in [2.24, 2.45) is 4.40 Å². The molecule has 3 aromatic heterocycles. The second kappa shape index (κ2) is 14.1. The highest BCUT2D eigenvalue weighted by Crippen LogP contribution is 2.43. The first-order valence-electron chi connectivity index (χ1n) is 19.5. The number of para-hydroxylation sites is 4. The van der Waals surface area contributed by atoms with E-state index in [1.54, 1.807) is 0 Å². The molecule has 0 amide bonds. The van der Waals surface area contributed by atoms with Crippen LogP contribution in [0.15, 0.2) is 192 Å². The Bertz CT molecular complexity index is 3280. The molecule has 0 radical (unpaired) electrons. The summed E-state index contributed by atoms with van der Waals surface area (Å²) in [5.74, 6) is 1.33. The Morgan fingerprint density at radius 1 is 0.508 bits per heavy atom. The summed E-state index contributed by atoms with van der Waals surface area (Å²) in [5, 5.41) is 13.1. The lowest BCUT2D eigenvalue weighted by atomic mass is 9.86. The summed E-state index contributed by atoms with van der Waals surface area (Å²) in [7, 11) is 0. The molecule has 0 unspecified atom stereocenters. The monoisotopic (exact) mass is 774 g/mol. The van der Waals surface area contributed by atoms with Crippen molar-refractivity contribution in [3.8, 4) is 45.3 Å². The Morgan fingerprint density at radius 3 is 1.81 bits per heavy atom. The van der Waals surface area contributed by atoms with E-state index in [0.29, 0.717) is 23.1 Å². The first-order chi connectivity index (χ1) is 29.2. The number of nitrogens with zero attached hydrogens (tertiary/aromatic N) is 5. The van der Waals surface area contributed by atoms with Crippen LogP contribution in [0.25, 0.3) is 89.6 Å². The summed E-state index contributed by atoms with van der Waals surface area (Å²) in [6.45, 7) is 0. The van der Waals surface area contributed by atoms with E-state index in [-0.39, 0.29) is 0 Å². The minimum atomic E-state index is 0.300. The van der Waals surface area contributed by atoms with E-state index in [1.165, 1.54) is 0 Å². The first kappa shape index (κ1) is 34.6. The summed E-state index contributed by atoms with van der Waals surface area (Å²) in [6, 6.07) is 64.7. The quantitative estimate of drug-likeness (QED) is 0.165. The SMILES string of the molecule is N=C1C(c2cccc3c4ccccc4n(-c4ccccc4-c4ccccc4)c23)=Cc2c(c3ccccc3n2-c2cc(-c3ccccc3)nc(-c3ccccc3)n2)C1=NS. The van der Waals surface area contributed by atoms with Gasteiger partial charge in [-0.05, 0) is 42.7 Å². The van der Waals surface area contributed by atoms with Gasteiger partial charge in [0, 0.05) is 55.6 Å². The van der Waals surface area contributed by atoms with Crippen LogP contribution in [-0.4, -0.2) is 30.5 Å². The van der Waals surface area contributed by atoms with Crippen LogP contribution in [0.3, 0.4) is 0 Å². The van der Waals surface area contributed by atoms with Crippen LogP contribution < -0.4 is 0 Å². The molecule has 0 fully saturated rings. The Kier molecular flexibility index (Phi) is 8.27. The molecule has 0 saturated carbocycles. The second-order valence-corrected chi connectivity index (χ2v) is 14.8. The predicted octanol–water partition coefficient (Wildman–Crippen LogP) is 12.7. The molecule has 0 bridgehead atoms. The fraction of sp³-hybridized carbons (Fsp3) is 0. The fourth-order valence-corrected chi connectivity index (χ4v) is 8.90. The zero-order chi connectivity index (χ0) is 39.5. The first-order valence-corrected chi connectivity index (χ1v) is 19.9. The van der Waals surface area contributed by atoms with Gasteiger partial charge in [0.15, 0.2) is 5.82 Å². The van der Waals surface area contributed by atoms with Gasteiger partial charge in [-0.1, -0.05) is 164 Å². The van der Waals surface area contributed by atoms with E-state index in [0.717, 1.165) is 88.7 Å². The molecule has 7 heteroatoms. The average Bonchev–Trinajstić information content (AvgIpc) is 3.82. The van der Waals surface area contributed by atoms with Gasteiger partial charge in [-0.3, -0.25) is 9.98 Å². The number of fused-ring (bicyclic) bond motifs is 6. The van der Waals surface area contributed by atoms with Crippen LogP contribution in [0.2, 0.25) is 0 Å². The van der Waals surface area contributed by atoms with E-state index in [9.17, 15) is 5.41 Å². The molecule has 10 aromatic rings. The molecule has 1 aliphatic carbocycles. The number of hydrogen-bond donors (Lipinski definition) is 2. The highest BCUT2D eigenvalue weighted by atomic mass is 32.1. The smallest absolute Gasteiger partial charge is 0.162 e. The van der Waals surface area contributed by atoms with Gasteiger partial charge in [-0.2, -0.15) is 0 Å². The number of thiol groups is 1. The van der Waals surface area contributed by atoms with Gasteiger partial charge in [0.2, 0.25) is 0 Å². The van der Waals surface area contributed by atoms with Gasteiger partial charge in [-0.25, -0.2) is 14.4 Å². The van der Waals surface area contributed by atoms with Crippen LogP contribution in [0.5, 0.6) is 0 Å². The van der Waals surface area contributed by atoms with E-state index < -0.39 is 0 Å². The molecule has 11 rings (SSSR count). The maximum atomic E-state index is 9.92. The molecule has 278 valence electrons. The zero-order valence-electron chi connectivity index (χ0n) is 31.7. The van der Waals surface area contributed by atoms with Crippen LogP contribution in [0.4, 0.5) is 0 Å². The van der Waals surface area contributed by atoms with E-state index in [1.807, 2.05) is 66.7 Å². The second-order valence-electron chi connectivity index (χ2n) is 14.6. The standard InChI is InChI=1S/C52H34N6S/c53-49-41(39-27-16-26-38-37-24-11-14-29-44(37)58(51(38)39)43-28-13-10-23-36(43)33-17-4-1-5-18-33)31-46-48(50(49)56-59)40-25-12-15-30-45(40)57(46)47-32-42(34-19-6-2-7-20-34)54-52(55-47)35-21-8-3-9-22-35/h1-32,53,59H. The number of rotatable bonds is 6. The molecule has 0 saturated heterocycles.